The molecule has 3 nitrogen and oxygen atoms in total. The summed E-state index contributed by atoms with van der Waals surface area (Å²) in [6.07, 6.45) is -0.0917. The standard InChI is InChI=1S/C22H19Cl2NO2/c1-2-21(22(26)25-19-13-17(23)12-18(24)14-19)27-20-10-8-16(9-11-20)15-6-4-3-5-7-15/h3-14,21H,2H2,1H3,(H,25,26). The van der Waals surface area contributed by atoms with Gasteiger partial charge < -0.3 is 10.1 Å². The molecule has 0 saturated heterocycles. The molecule has 3 aromatic carbocycles. The van der Waals surface area contributed by atoms with Crippen LogP contribution < -0.4 is 10.1 Å². The number of anilines is 1. The molecule has 138 valence electrons. The predicted octanol–water partition coefficient (Wildman–Crippen LogP) is 6.46. The molecular weight excluding hydrogens is 381 g/mol. The summed E-state index contributed by atoms with van der Waals surface area (Å²) in [6.45, 7) is 1.90. The summed E-state index contributed by atoms with van der Waals surface area (Å²) in [4.78, 5) is 12.5. The maximum absolute atomic E-state index is 12.5. The number of carbonyl (C=O) groups excluding carboxylic acids is 1. The molecule has 0 radical (unpaired) electrons. The Labute approximate surface area is 168 Å². The minimum atomic E-state index is -0.620. The highest BCUT2D eigenvalue weighted by atomic mass is 35.5. The van der Waals surface area contributed by atoms with Gasteiger partial charge in [-0.2, -0.15) is 0 Å². The number of carbonyl (C=O) groups is 1. The van der Waals surface area contributed by atoms with E-state index < -0.39 is 6.10 Å². The number of amides is 1. The third-order valence-electron chi connectivity index (χ3n) is 4.03. The van der Waals surface area contributed by atoms with Crippen LogP contribution in [0.5, 0.6) is 5.75 Å². The van der Waals surface area contributed by atoms with E-state index in [0.717, 1.165) is 11.1 Å². The summed E-state index contributed by atoms with van der Waals surface area (Å²) in [5.74, 6) is 0.392. The lowest BCUT2D eigenvalue weighted by molar-refractivity contribution is -0.122. The fraction of sp³-hybridized carbons (Fsp3) is 0.136. The number of hydrogen-bond acceptors (Lipinski definition) is 2. The largest absolute Gasteiger partial charge is 0.481 e. The summed E-state index contributed by atoms with van der Waals surface area (Å²) in [6, 6.07) is 22.7. The van der Waals surface area contributed by atoms with Gasteiger partial charge >= 0.3 is 0 Å². The zero-order valence-corrected chi connectivity index (χ0v) is 16.3. The highest BCUT2D eigenvalue weighted by molar-refractivity contribution is 6.35. The fourth-order valence-corrected chi connectivity index (χ4v) is 3.22. The third-order valence-corrected chi connectivity index (χ3v) is 4.47. The highest BCUT2D eigenvalue weighted by Crippen LogP contribution is 2.25. The number of rotatable bonds is 6. The Morgan fingerprint density at radius 3 is 2.11 bits per heavy atom. The molecule has 3 rings (SSSR count). The maximum Gasteiger partial charge on any atom is 0.265 e. The van der Waals surface area contributed by atoms with Crippen LogP contribution >= 0.6 is 23.2 Å². The van der Waals surface area contributed by atoms with Crippen molar-refractivity contribution >= 4 is 34.8 Å². The fourth-order valence-electron chi connectivity index (χ4n) is 2.69. The van der Waals surface area contributed by atoms with Crippen molar-refractivity contribution in [2.24, 2.45) is 0 Å². The first-order valence-corrected chi connectivity index (χ1v) is 9.40. The number of hydrogen-bond donors (Lipinski definition) is 1. The van der Waals surface area contributed by atoms with Gasteiger partial charge in [-0.05, 0) is 47.9 Å². The minimum Gasteiger partial charge on any atom is -0.481 e. The van der Waals surface area contributed by atoms with Crippen LogP contribution in [-0.4, -0.2) is 12.0 Å². The van der Waals surface area contributed by atoms with Gasteiger partial charge in [0.15, 0.2) is 6.10 Å². The lowest BCUT2D eigenvalue weighted by Crippen LogP contribution is -2.32. The quantitative estimate of drug-likeness (QED) is 0.516. The van der Waals surface area contributed by atoms with Crippen LogP contribution in [0.1, 0.15) is 13.3 Å². The molecule has 0 heterocycles. The van der Waals surface area contributed by atoms with Crippen LogP contribution in [0, 0.1) is 0 Å². The molecule has 0 saturated carbocycles. The van der Waals surface area contributed by atoms with Crippen molar-refractivity contribution in [3.05, 3.63) is 82.8 Å². The Bertz CT molecular complexity index is 891. The summed E-state index contributed by atoms with van der Waals surface area (Å²) in [5, 5.41) is 3.72. The average molecular weight is 400 g/mol. The molecule has 0 aromatic heterocycles. The Morgan fingerprint density at radius 2 is 1.52 bits per heavy atom. The SMILES string of the molecule is CCC(Oc1ccc(-c2ccccc2)cc1)C(=O)Nc1cc(Cl)cc(Cl)c1. The molecule has 5 heteroatoms. The summed E-state index contributed by atoms with van der Waals surface area (Å²) in [7, 11) is 0. The van der Waals surface area contributed by atoms with Gasteiger partial charge in [0, 0.05) is 15.7 Å². The molecule has 1 unspecified atom stereocenters. The van der Waals surface area contributed by atoms with Crippen LogP contribution in [0.25, 0.3) is 11.1 Å². The van der Waals surface area contributed by atoms with Gasteiger partial charge in [-0.25, -0.2) is 0 Å². The van der Waals surface area contributed by atoms with Gasteiger partial charge in [-0.1, -0.05) is 72.6 Å². The van der Waals surface area contributed by atoms with Gasteiger partial charge in [0.1, 0.15) is 5.75 Å². The lowest BCUT2D eigenvalue weighted by atomic mass is 10.1. The Hall–Kier alpha value is -2.49. The molecule has 0 aliphatic carbocycles. The van der Waals surface area contributed by atoms with Crippen molar-refractivity contribution in [2.45, 2.75) is 19.4 Å². The van der Waals surface area contributed by atoms with E-state index >= 15 is 0 Å². The van der Waals surface area contributed by atoms with E-state index in [2.05, 4.69) is 5.32 Å². The van der Waals surface area contributed by atoms with Crippen LogP contribution in [0.15, 0.2) is 72.8 Å². The Balaban J connectivity index is 1.68. The second kappa shape index (κ2) is 8.94. The second-order valence-corrected chi connectivity index (χ2v) is 6.93. The van der Waals surface area contributed by atoms with E-state index in [0.29, 0.717) is 27.9 Å². The number of benzene rings is 3. The molecular formula is C22H19Cl2NO2. The van der Waals surface area contributed by atoms with Crippen LogP contribution in [0.4, 0.5) is 5.69 Å². The molecule has 27 heavy (non-hydrogen) atoms. The van der Waals surface area contributed by atoms with Gasteiger partial charge in [-0.15, -0.1) is 0 Å². The van der Waals surface area contributed by atoms with Gasteiger partial charge in [0.25, 0.3) is 5.91 Å². The zero-order valence-electron chi connectivity index (χ0n) is 14.8. The van der Waals surface area contributed by atoms with Crippen molar-refractivity contribution in [2.75, 3.05) is 5.32 Å². The molecule has 1 atom stereocenters. The monoisotopic (exact) mass is 399 g/mol. The smallest absolute Gasteiger partial charge is 0.265 e. The van der Waals surface area contributed by atoms with E-state index in [1.54, 1.807) is 18.2 Å². The summed E-state index contributed by atoms with van der Waals surface area (Å²) in [5.41, 5.74) is 2.76. The first kappa shape index (κ1) is 19.3. The Kier molecular flexibility index (Phi) is 6.38. The number of nitrogens with one attached hydrogen (secondary N) is 1. The van der Waals surface area contributed by atoms with Crippen LogP contribution in [0.2, 0.25) is 10.0 Å². The maximum atomic E-state index is 12.5. The normalized spacial score (nSPS) is 11.7. The minimum absolute atomic E-state index is 0.247. The van der Waals surface area contributed by atoms with E-state index in [-0.39, 0.29) is 5.91 Å². The van der Waals surface area contributed by atoms with Crippen LogP contribution in [0.3, 0.4) is 0 Å². The summed E-state index contributed by atoms with van der Waals surface area (Å²) >= 11 is 12.0. The Morgan fingerprint density at radius 1 is 0.926 bits per heavy atom. The predicted molar refractivity (Wildman–Crippen MR) is 112 cm³/mol. The van der Waals surface area contributed by atoms with Crippen molar-refractivity contribution < 1.29 is 9.53 Å². The molecule has 0 bridgehead atoms. The van der Waals surface area contributed by atoms with Gasteiger partial charge in [-0.3, -0.25) is 4.79 Å². The molecule has 0 spiro atoms. The lowest BCUT2D eigenvalue weighted by Gasteiger charge is -2.18. The first-order valence-electron chi connectivity index (χ1n) is 8.64. The van der Waals surface area contributed by atoms with E-state index in [1.165, 1.54) is 0 Å². The van der Waals surface area contributed by atoms with E-state index in [4.69, 9.17) is 27.9 Å². The van der Waals surface area contributed by atoms with Crippen molar-refractivity contribution in [1.82, 2.24) is 0 Å². The van der Waals surface area contributed by atoms with E-state index in [9.17, 15) is 4.79 Å². The topological polar surface area (TPSA) is 38.3 Å². The van der Waals surface area contributed by atoms with Crippen molar-refractivity contribution in [3.8, 4) is 16.9 Å². The highest BCUT2D eigenvalue weighted by Gasteiger charge is 2.19. The molecule has 0 fully saturated rings. The number of ether oxygens (including phenoxy) is 1. The summed E-state index contributed by atoms with van der Waals surface area (Å²) < 4.78 is 5.87. The molecule has 1 amide bonds. The van der Waals surface area contributed by atoms with Crippen molar-refractivity contribution in [1.29, 1.82) is 0 Å². The van der Waals surface area contributed by atoms with Gasteiger partial charge in [0.2, 0.25) is 0 Å². The van der Waals surface area contributed by atoms with Gasteiger partial charge in [0.05, 0.1) is 0 Å². The van der Waals surface area contributed by atoms with E-state index in [1.807, 2.05) is 61.5 Å². The first-order chi connectivity index (χ1) is 13.0. The average Bonchev–Trinajstić information content (AvgIpc) is 2.66. The molecule has 1 N–H and O–H groups in total. The number of halogens is 2. The zero-order chi connectivity index (χ0) is 19.2. The molecule has 0 aliphatic rings. The van der Waals surface area contributed by atoms with Crippen LogP contribution in [-0.2, 0) is 4.79 Å². The molecule has 0 aliphatic heterocycles. The molecule has 3 aromatic rings. The third kappa shape index (κ3) is 5.25. The van der Waals surface area contributed by atoms with Crippen molar-refractivity contribution in [3.63, 3.8) is 0 Å². The second-order valence-electron chi connectivity index (χ2n) is 6.05.